The Hall–Kier alpha value is -2.23. The van der Waals surface area contributed by atoms with Crippen molar-refractivity contribution in [2.24, 2.45) is 0 Å². The molecule has 0 aliphatic rings. The number of aromatic nitrogens is 1. The molecule has 1 unspecified atom stereocenters. The van der Waals surface area contributed by atoms with Crippen LogP contribution < -0.4 is 14.8 Å². The maximum absolute atomic E-state index is 5.38. The summed E-state index contributed by atoms with van der Waals surface area (Å²) in [5.41, 5.74) is 3.22. The van der Waals surface area contributed by atoms with E-state index in [-0.39, 0.29) is 6.04 Å². The van der Waals surface area contributed by atoms with Gasteiger partial charge in [-0.05, 0) is 43.2 Å². The summed E-state index contributed by atoms with van der Waals surface area (Å²) in [6.07, 6.45) is 2.77. The zero-order chi connectivity index (χ0) is 15.2. The first-order valence-corrected chi connectivity index (χ1v) is 7.09. The summed E-state index contributed by atoms with van der Waals surface area (Å²) in [6.45, 7) is 4.16. The van der Waals surface area contributed by atoms with Crippen molar-refractivity contribution in [1.82, 2.24) is 4.98 Å². The third-order valence-corrected chi connectivity index (χ3v) is 3.55. The molecule has 4 heteroatoms. The van der Waals surface area contributed by atoms with Crippen LogP contribution in [0.25, 0.3) is 0 Å². The van der Waals surface area contributed by atoms with E-state index >= 15 is 0 Å². The van der Waals surface area contributed by atoms with Crippen molar-refractivity contribution in [3.8, 4) is 11.5 Å². The summed E-state index contributed by atoms with van der Waals surface area (Å²) < 4.78 is 10.7. The minimum atomic E-state index is 0.202. The van der Waals surface area contributed by atoms with Gasteiger partial charge in [-0.25, -0.2) is 0 Å². The Balaban J connectivity index is 2.27. The van der Waals surface area contributed by atoms with Gasteiger partial charge in [0.1, 0.15) is 0 Å². The topological polar surface area (TPSA) is 43.4 Å². The second-order valence-corrected chi connectivity index (χ2v) is 4.86. The first-order chi connectivity index (χ1) is 10.2. The largest absolute Gasteiger partial charge is 0.493 e. The van der Waals surface area contributed by atoms with Crippen LogP contribution in [0.3, 0.4) is 0 Å². The molecule has 1 atom stereocenters. The van der Waals surface area contributed by atoms with Crippen molar-refractivity contribution < 1.29 is 9.47 Å². The first kappa shape index (κ1) is 15.2. The second kappa shape index (κ2) is 6.97. The summed E-state index contributed by atoms with van der Waals surface area (Å²) >= 11 is 0. The van der Waals surface area contributed by atoms with Crippen molar-refractivity contribution >= 4 is 5.69 Å². The number of nitrogens with zero attached hydrogens (tertiary/aromatic N) is 1. The van der Waals surface area contributed by atoms with Gasteiger partial charge >= 0.3 is 0 Å². The monoisotopic (exact) mass is 286 g/mol. The lowest BCUT2D eigenvalue weighted by molar-refractivity contribution is 0.354. The van der Waals surface area contributed by atoms with Gasteiger partial charge in [0.25, 0.3) is 0 Å². The molecule has 0 aliphatic heterocycles. The molecule has 0 amide bonds. The number of hydrogen-bond donors (Lipinski definition) is 1. The van der Waals surface area contributed by atoms with Crippen LogP contribution in [0.4, 0.5) is 5.69 Å². The minimum Gasteiger partial charge on any atom is -0.493 e. The highest BCUT2D eigenvalue weighted by Gasteiger charge is 2.13. The molecule has 112 valence electrons. The van der Waals surface area contributed by atoms with E-state index in [1.165, 1.54) is 5.56 Å². The van der Waals surface area contributed by atoms with Crippen molar-refractivity contribution in [1.29, 1.82) is 0 Å². The van der Waals surface area contributed by atoms with Gasteiger partial charge < -0.3 is 14.8 Å². The van der Waals surface area contributed by atoms with Crippen LogP contribution in [0.2, 0.25) is 0 Å². The van der Waals surface area contributed by atoms with E-state index in [2.05, 4.69) is 23.3 Å². The SMILES string of the molecule is CCC(Nc1cccnc1C)c1ccc(OC)c(OC)c1. The van der Waals surface area contributed by atoms with Crippen molar-refractivity contribution in [3.63, 3.8) is 0 Å². The maximum Gasteiger partial charge on any atom is 0.161 e. The number of methoxy groups -OCH3 is 2. The molecule has 0 aliphatic carbocycles. The Bertz CT molecular complexity index is 599. The fraction of sp³-hybridized carbons (Fsp3) is 0.353. The zero-order valence-corrected chi connectivity index (χ0v) is 13.0. The average Bonchev–Trinajstić information content (AvgIpc) is 2.53. The molecule has 1 aromatic heterocycles. The van der Waals surface area contributed by atoms with Gasteiger partial charge in [-0.15, -0.1) is 0 Å². The van der Waals surface area contributed by atoms with Crippen LogP contribution >= 0.6 is 0 Å². The normalized spacial score (nSPS) is 11.8. The molecule has 0 saturated carbocycles. The van der Waals surface area contributed by atoms with Gasteiger partial charge in [0.2, 0.25) is 0 Å². The van der Waals surface area contributed by atoms with Crippen molar-refractivity contribution in [3.05, 3.63) is 47.8 Å². The van der Waals surface area contributed by atoms with Crippen LogP contribution in [-0.2, 0) is 0 Å². The molecule has 1 heterocycles. The van der Waals surface area contributed by atoms with Gasteiger partial charge in [-0.3, -0.25) is 4.98 Å². The lowest BCUT2D eigenvalue weighted by Gasteiger charge is -2.21. The van der Waals surface area contributed by atoms with Gasteiger partial charge in [-0.2, -0.15) is 0 Å². The Morgan fingerprint density at radius 1 is 1.14 bits per heavy atom. The zero-order valence-electron chi connectivity index (χ0n) is 13.0. The fourth-order valence-electron chi connectivity index (χ4n) is 2.32. The quantitative estimate of drug-likeness (QED) is 0.872. The third-order valence-electron chi connectivity index (χ3n) is 3.55. The lowest BCUT2D eigenvalue weighted by atomic mass is 10.0. The van der Waals surface area contributed by atoms with Gasteiger partial charge in [0.15, 0.2) is 11.5 Å². The van der Waals surface area contributed by atoms with Crippen LogP contribution in [0.5, 0.6) is 11.5 Å². The van der Waals surface area contributed by atoms with E-state index in [1.807, 2.05) is 31.2 Å². The van der Waals surface area contributed by atoms with E-state index in [4.69, 9.17) is 9.47 Å². The third kappa shape index (κ3) is 3.45. The summed E-state index contributed by atoms with van der Waals surface area (Å²) in [6, 6.07) is 10.2. The smallest absolute Gasteiger partial charge is 0.161 e. The summed E-state index contributed by atoms with van der Waals surface area (Å²) in [7, 11) is 3.30. The molecule has 2 rings (SSSR count). The molecule has 0 bridgehead atoms. The molecule has 0 saturated heterocycles. The molecule has 2 aromatic rings. The lowest BCUT2D eigenvalue weighted by Crippen LogP contribution is -2.11. The molecule has 4 nitrogen and oxygen atoms in total. The van der Waals surface area contributed by atoms with Crippen molar-refractivity contribution in [2.75, 3.05) is 19.5 Å². The Kier molecular flexibility index (Phi) is 5.04. The molecular formula is C17H22N2O2. The molecule has 0 fully saturated rings. The number of benzene rings is 1. The highest BCUT2D eigenvalue weighted by atomic mass is 16.5. The van der Waals surface area contributed by atoms with E-state index in [1.54, 1.807) is 20.4 Å². The number of ether oxygens (including phenoxy) is 2. The van der Waals surface area contributed by atoms with E-state index in [0.29, 0.717) is 0 Å². The summed E-state index contributed by atoms with van der Waals surface area (Å²) in [5, 5.41) is 3.54. The molecule has 0 radical (unpaired) electrons. The average molecular weight is 286 g/mol. The maximum atomic E-state index is 5.38. The van der Waals surface area contributed by atoms with Gasteiger partial charge in [0.05, 0.1) is 31.6 Å². The molecule has 1 aromatic carbocycles. The van der Waals surface area contributed by atoms with E-state index in [9.17, 15) is 0 Å². The van der Waals surface area contributed by atoms with Crippen LogP contribution in [0, 0.1) is 6.92 Å². The van der Waals surface area contributed by atoms with Gasteiger partial charge in [0, 0.05) is 6.20 Å². The minimum absolute atomic E-state index is 0.202. The van der Waals surface area contributed by atoms with E-state index < -0.39 is 0 Å². The number of hydrogen-bond acceptors (Lipinski definition) is 4. The number of aryl methyl sites for hydroxylation is 1. The molecule has 1 N–H and O–H groups in total. The number of pyridine rings is 1. The number of nitrogens with one attached hydrogen (secondary N) is 1. The predicted octanol–water partition coefficient (Wildman–Crippen LogP) is 3.97. The Labute approximate surface area is 126 Å². The van der Waals surface area contributed by atoms with Crippen LogP contribution in [0.1, 0.15) is 30.6 Å². The fourth-order valence-corrected chi connectivity index (χ4v) is 2.32. The number of anilines is 1. The Morgan fingerprint density at radius 2 is 1.90 bits per heavy atom. The van der Waals surface area contributed by atoms with E-state index in [0.717, 1.165) is 29.3 Å². The van der Waals surface area contributed by atoms with Crippen molar-refractivity contribution in [2.45, 2.75) is 26.3 Å². The Morgan fingerprint density at radius 3 is 2.52 bits per heavy atom. The molecule has 21 heavy (non-hydrogen) atoms. The van der Waals surface area contributed by atoms with Crippen LogP contribution in [0.15, 0.2) is 36.5 Å². The number of rotatable bonds is 6. The second-order valence-electron chi connectivity index (χ2n) is 4.86. The first-order valence-electron chi connectivity index (χ1n) is 7.09. The van der Waals surface area contributed by atoms with Crippen LogP contribution in [-0.4, -0.2) is 19.2 Å². The molecular weight excluding hydrogens is 264 g/mol. The highest BCUT2D eigenvalue weighted by molar-refractivity contribution is 5.50. The predicted molar refractivity (Wildman–Crippen MR) is 85.2 cm³/mol. The standard InChI is InChI=1S/C17H22N2O2/c1-5-14(19-15-7-6-10-18-12(15)2)13-8-9-16(20-3)17(11-13)21-4/h6-11,14,19H,5H2,1-4H3. The summed E-state index contributed by atoms with van der Waals surface area (Å²) in [4.78, 5) is 4.31. The highest BCUT2D eigenvalue weighted by Crippen LogP contribution is 2.32. The summed E-state index contributed by atoms with van der Waals surface area (Å²) in [5.74, 6) is 1.49. The molecule has 0 spiro atoms. The van der Waals surface area contributed by atoms with Gasteiger partial charge in [-0.1, -0.05) is 13.0 Å².